The van der Waals surface area contributed by atoms with Crippen LogP contribution in [-0.2, 0) is 0 Å². The molecule has 0 saturated heterocycles. The topological polar surface area (TPSA) is 73.9 Å². The Hall–Kier alpha value is -2.50. The molecule has 1 N–H and O–H groups in total. The van der Waals surface area contributed by atoms with E-state index in [1.165, 1.54) is 14.2 Å². The van der Waals surface area contributed by atoms with Gasteiger partial charge in [0.05, 0.1) is 20.8 Å². The van der Waals surface area contributed by atoms with Crippen LogP contribution in [-0.4, -0.2) is 20.8 Å². The zero-order valence-electron chi connectivity index (χ0n) is 11.5. The third kappa shape index (κ3) is 2.32. The van der Waals surface area contributed by atoms with E-state index in [9.17, 15) is 9.59 Å². The van der Waals surface area contributed by atoms with Crippen molar-refractivity contribution < 1.29 is 14.2 Å². The monoisotopic (exact) mass is 277 g/mol. The number of methoxy groups -OCH3 is 2. The number of ether oxygens (including phenoxy) is 3. The fourth-order valence-corrected chi connectivity index (χ4v) is 1.82. The maximum Gasteiger partial charge on any atom is 0.272 e. The molecule has 0 spiro atoms. The minimum Gasteiger partial charge on any atom is -0.493 e. The first kappa shape index (κ1) is 13.9. The van der Waals surface area contributed by atoms with Crippen LogP contribution in [0.2, 0.25) is 0 Å². The second-order valence-corrected chi connectivity index (χ2v) is 3.99. The van der Waals surface area contributed by atoms with Gasteiger partial charge in [-0.2, -0.15) is 0 Å². The van der Waals surface area contributed by atoms with Crippen molar-refractivity contribution in [1.29, 1.82) is 0 Å². The summed E-state index contributed by atoms with van der Waals surface area (Å²) in [6, 6.07) is 5.09. The van der Waals surface area contributed by atoms with E-state index in [1.807, 2.05) is 0 Å². The summed E-state index contributed by atoms with van der Waals surface area (Å²) in [5.74, 6) is 1.18. The summed E-state index contributed by atoms with van der Waals surface area (Å²) in [7, 11) is 3.05. The minimum atomic E-state index is -0.602. The predicted molar refractivity (Wildman–Crippen MR) is 75.4 cm³/mol. The molecule has 0 unspecified atom stereocenters. The van der Waals surface area contributed by atoms with Gasteiger partial charge in [0.15, 0.2) is 17.2 Å². The molecule has 0 radical (unpaired) electrons. The largest absolute Gasteiger partial charge is 0.493 e. The third-order valence-electron chi connectivity index (χ3n) is 2.81. The molecule has 2 rings (SSSR count). The van der Waals surface area contributed by atoms with Gasteiger partial charge in [0.2, 0.25) is 0 Å². The van der Waals surface area contributed by atoms with Gasteiger partial charge in [-0.1, -0.05) is 0 Å². The van der Waals surface area contributed by atoms with Crippen LogP contribution in [0.3, 0.4) is 0 Å². The van der Waals surface area contributed by atoms with Crippen LogP contribution in [0.25, 0.3) is 0 Å². The molecule has 0 aliphatic carbocycles. The van der Waals surface area contributed by atoms with E-state index in [2.05, 4.69) is 5.32 Å². The van der Waals surface area contributed by atoms with Crippen LogP contribution in [0, 0.1) is 0 Å². The van der Waals surface area contributed by atoms with E-state index in [0.717, 1.165) is 0 Å². The molecular formula is C14H15NO5. The Balaban J connectivity index is 2.29. The summed E-state index contributed by atoms with van der Waals surface area (Å²) < 4.78 is 15.4. The highest BCUT2D eigenvalue weighted by Gasteiger charge is 2.22. The van der Waals surface area contributed by atoms with Crippen molar-refractivity contribution in [1.82, 2.24) is 0 Å². The Morgan fingerprint density at radius 3 is 2.35 bits per heavy atom. The lowest BCUT2D eigenvalue weighted by molar-refractivity contribution is 0.335. The maximum atomic E-state index is 11.5. The van der Waals surface area contributed by atoms with E-state index in [-0.39, 0.29) is 11.4 Å². The number of benzene rings is 1. The van der Waals surface area contributed by atoms with Crippen LogP contribution in [0.1, 0.15) is 6.92 Å². The standard InChI is InChI=1S/C14H15NO5/c1-4-20-14-11(12(16)13(14)17)15-8-5-6-9(18-2)10(7-8)19-3/h5-7,15H,4H2,1-3H3. The molecule has 20 heavy (non-hydrogen) atoms. The lowest BCUT2D eigenvalue weighted by Gasteiger charge is -2.14. The summed E-state index contributed by atoms with van der Waals surface area (Å²) in [6.07, 6.45) is 0. The summed E-state index contributed by atoms with van der Waals surface area (Å²) in [5, 5.41) is 2.87. The second kappa shape index (κ2) is 5.64. The summed E-state index contributed by atoms with van der Waals surface area (Å²) in [4.78, 5) is 22.9. The van der Waals surface area contributed by atoms with Crippen molar-refractivity contribution >= 4 is 11.4 Å². The van der Waals surface area contributed by atoms with Gasteiger partial charge in [-0.3, -0.25) is 9.59 Å². The van der Waals surface area contributed by atoms with Crippen molar-refractivity contribution in [2.24, 2.45) is 0 Å². The molecule has 0 saturated carbocycles. The van der Waals surface area contributed by atoms with Gasteiger partial charge < -0.3 is 19.5 Å². The number of hydrogen-bond acceptors (Lipinski definition) is 6. The molecule has 0 bridgehead atoms. The van der Waals surface area contributed by atoms with Gasteiger partial charge in [0.25, 0.3) is 10.9 Å². The van der Waals surface area contributed by atoms with Crippen molar-refractivity contribution in [3.8, 4) is 17.2 Å². The van der Waals surface area contributed by atoms with Gasteiger partial charge in [-0.25, -0.2) is 0 Å². The number of hydrogen-bond donors (Lipinski definition) is 1. The molecule has 106 valence electrons. The molecule has 0 heterocycles. The lowest BCUT2D eigenvalue weighted by Crippen LogP contribution is -2.35. The SMILES string of the molecule is CCOc1c(Nc2ccc(OC)c(OC)c2)c(=O)c1=O. The number of rotatable bonds is 6. The summed E-state index contributed by atoms with van der Waals surface area (Å²) in [6.45, 7) is 2.07. The van der Waals surface area contributed by atoms with Crippen molar-refractivity contribution in [2.75, 3.05) is 26.1 Å². The first-order valence-corrected chi connectivity index (χ1v) is 6.07. The van der Waals surface area contributed by atoms with E-state index >= 15 is 0 Å². The van der Waals surface area contributed by atoms with Gasteiger partial charge in [0, 0.05) is 11.8 Å². The molecule has 0 amide bonds. The second-order valence-electron chi connectivity index (χ2n) is 3.99. The molecule has 0 aliphatic rings. The van der Waals surface area contributed by atoms with Crippen molar-refractivity contribution in [3.63, 3.8) is 0 Å². The molecule has 0 fully saturated rings. The highest BCUT2D eigenvalue weighted by Crippen LogP contribution is 2.32. The minimum absolute atomic E-state index is 0.0762. The van der Waals surface area contributed by atoms with E-state index < -0.39 is 10.9 Å². The van der Waals surface area contributed by atoms with Crippen molar-refractivity contribution in [3.05, 3.63) is 38.6 Å². The van der Waals surface area contributed by atoms with Gasteiger partial charge >= 0.3 is 0 Å². The molecule has 0 aliphatic heterocycles. The normalized spacial score (nSPS) is 10.3. The Labute approximate surface area is 115 Å². The highest BCUT2D eigenvalue weighted by molar-refractivity contribution is 5.71. The number of anilines is 2. The van der Waals surface area contributed by atoms with E-state index in [1.54, 1.807) is 25.1 Å². The zero-order chi connectivity index (χ0) is 14.7. The summed E-state index contributed by atoms with van der Waals surface area (Å²) in [5.41, 5.74) is -0.405. The van der Waals surface area contributed by atoms with Crippen LogP contribution >= 0.6 is 0 Å². The van der Waals surface area contributed by atoms with E-state index in [4.69, 9.17) is 14.2 Å². The fraction of sp³-hybridized carbons (Fsp3) is 0.286. The first-order chi connectivity index (χ1) is 9.62. The lowest BCUT2D eigenvalue weighted by atomic mass is 10.2. The molecule has 6 nitrogen and oxygen atoms in total. The smallest absolute Gasteiger partial charge is 0.272 e. The summed E-state index contributed by atoms with van der Waals surface area (Å²) >= 11 is 0. The molecule has 0 aromatic heterocycles. The Morgan fingerprint density at radius 1 is 1.05 bits per heavy atom. The predicted octanol–water partition coefficient (Wildman–Crippen LogP) is 1.44. The highest BCUT2D eigenvalue weighted by atomic mass is 16.5. The molecule has 6 heteroatoms. The number of nitrogens with one attached hydrogen (secondary N) is 1. The quantitative estimate of drug-likeness (QED) is 0.805. The Bertz CT molecular complexity index is 685. The van der Waals surface area contributed by atoms with Crippen molar-refractivity contribution in [2.45, 2.75) is 6.92 Å². The average Bonchev–Trinajstić information content (AvgIpc) is 2.50. The zero-order valence-corrected chi connectivity index (χ0v) is 11.5. The Morgan fingerprint density at radius 2 is 1.75 bits per heavy atom. The van der Waals surface area contributed by atoms with Gasteiger partial charge in [0.1, 0.15) is 5.69 Å². The molecule has 0 atom stereocenters. The van der Waals surface area contributed by atoms with Crippen LogP contribution in [0.4, 0.5) is 11.4 Å². The van der Waals surface area contributed by atoms with Crippen LogP contribution in [0.5, 0.6) is 17.2 Å². The average molecular weight is 277 g/mol. The molecule has 2 aromatic carbocycles. The van der Waals surface area contributed by atoms with E-state index in [0.29, 0.717) is 23.8 Å². The van der Waals surface area contributed by atoms with Crippen LogP contribution < -0.4 is 30.4 Å². The fourth-order valence-electron chi connectivity index (χ4n) is 1.82. The van der Waals surface area contributed by atoms with Gasteiger partial charge in [-0.15, -0.1) is 0 Å². The molecular weight excluding hydrogens is 262 g/mol. The van der Waals surface area contributed by atoms with Gasteiger partial charge in [-0.05, 0) is 19.1 Å². The molecule has 2 aromatic rings. The third-order valence-corrected chi connectivity index (χ3v) is 2.81. The maximum absolute atomic E-state index is 11.5. The van der Waals surface area contributed by atoms with Crippen LogP contribution in [0.15, 0.2) is 27.8 Å². The Kier molecular flexibility index (Phi) is 3.93. The first-order valence-electron chi connectivity index (χ1n) is 6.07.